The van der Waals surface area contributed by atoms with Gasteiger partial charge in [0.1, 0.15) is 68.0 Å². The van der Waals surface area contributed by atoms with Crippen molar-refractivity contribution in [1.82, 2.24) is 35.5 Å². The van der Waals surface area contributed by atoms with Crippen LogP contribution in [0.2, 0.25) is 0 Å². The molecule has 6 atom stereocenters. The average molecular weight is 878 g/mol. The van der Waals surface area contributed by atoms with E-state index >= 15 is 0 Å². The van der Waals surface area contributed by atoms with Gasteiger partial charge in [-0.05, 0) is 80.0 Å². The van der Waals surface area contributed by atoms with Crippen molar-refractivity contribution in [1.29, 1.82) is 0 Å². The Labute approximate surface area is 363 Å². The Hall–Kier alpha value is -5.70. The lowest BCUT2D eigenvalue weighted by atomic mass is 10.0. The fraction of sp³-hybridized carbons (Fsp3) is 0.500. The molecule has 6 N–H and O–H groups in total. The predicted octanol–water partition coefficient (Wildman–Crippen LogP) is 3.42. The molecule has 0 spiro atoms. The Balaban J connectivity index is 1.02. The largest absolute Gasteiger partial charge is 0.497 e. The lowest BCUT2D eigenvalue weighted by molar-refractivity contribution is -0.199. The molecule has 2 aliphatic rings. The van der Waals surface area contributed by atoms with Gasteiger partial charge in [0.15, 0.2) is 29.0 Å². The summed E-state index contributed by atoms with van der Waals surface area (Å²) in [5.41, 5.74) is 8.51. The summed E-state index contributed by atoms with van der Waals surface area (Å²) in [6.07, 6.45) is 1.94. The molecule has 4 aromatic rings. The average Bonchev–Trinajstić information content (AvgIpc) is 3.92. The molecule has 0 aliphatic carbocycles. The molecule has 2 aliphatic heterocycles. The number of nitrogens with zero attached hydrogens (tertiary/aromatic N) is 4. The number of amides is 4. The number of nitrogens with two attached hydrogens (primary N) is 1. The first-order valence-corrected chi connectivity index (χ1v) is 21.7. The van der Waals surface area contributed by atoms with Crippen molar-refractivity contribution in [2.75, 3.05) is 37.6 Å². The minimum atomic E-state index is -0.963. The molecule has 4 amide bonds. The molecule has 0 bridgehead atoms. The Morgan fingerprint density at radius 3 is 2.34 bits per heavy atom. The lowest BCUT2D eigenvalue weighted by Crippen LogP contribution is -2.54. The van der Waals surface area contributed by atoms with Crippen molar-refractivity contribution in [3.8, 4) is 11.5 Å². The number of ether oxygens (including phenoxy) is 6. The number of aromatic nitrogens is 4. The van der Waals surface area contributed by atoms with E-state index in [1.807, 2.05) is 68.6 Å². The van der Waals surface area contributed by atoms with Gasteiger partial charge >= 0.3 is 6.09 Å². The fourth-order valence-corrected chi connectivity index (χ4v) is 7.54. The van der Waals surface area contributed by atoms with Crippen LogP contribution in [-0.4, -0.2) is 112 Å². The molecule has 6 rings (SSSR count). The second-order valence-electron chi connectivity index (χ2n) is 15.8. The number of rotatable bonds is 21. The van der Waals surface area contributed by atoms with Crippen LogP contribution >= 0.6 is 11.8 Å². The summed E-state index contributed by atoms with van der Waals surface area (Å²) >= 11 is 1.52. The first-order valence-electron chi connectivity index (χ1n) is 20.3. The highest BCUT2D eigenvalue weighted by Crippen LogP contribution is 2.44. The number of hydrogen-bond acceptors (Lipinski definition) is 15. The molecule has 2 saturated heterocycles. The van der Waals surface area contributed by atoms with Crippen LogP contribution in [-0.2, 0) is 46.5 Å². The van der Waals surface area contributed by atoms with Crippen LogP contribution in [0.4, 0.5) is 10.6 Å². The van der Waals surface area contributed by atoms with Gasteiger partial charge < -0.3 is 55.4 Å². The minimum Gasteiger partial charge on any atom is -0.497 e. The molecule has 20 heteroatoms. The summed E-state index contributed by atoms with van der Waals surface area (Å²) in [5, 5.41) is 11.1. The van der Waals surface area contributed by atoms with Crippen LogP contribution in [0.1, 0.15) is 57.9 Å². The number of methoxy groups -OCH3 is 1. The third-order valence-corrected chi connectivity index (χ3v) is 10.8. The van der Waals surface area contributed by atoms with E-state index < -0.39 is 72.8 Å². The summed E-state index contributed by atoms with van der Waals surface area (Å²) in [7, 11) is 1.63. The number of thioether (sulfide) groups is 1. The Bertz CT molecular complexity index is 2150. The number of carbonyl (C=O) groups excluding carboxylic acids is 4. The second-order valence-corrected chi connectivity index (χ2v) is 16.7. The summed E-state index contributed by atoms with van der Waals surface area (Å²) < 4.78 is 37.3. The number of carbonyl (C=O) groups is 4. The summed E-state index contributed by atoms with van der Waals surface area (Å²) in [5.74, 6) is -0.0896. The third kappa shape index (κ3) is 12.0. The van der Waals surface area contributed by atoms with Crippen molar-refractivity contribution in [2.24, 2.45) is 11.7 Å². The molecule has 4 heterocycles. The zero-order valence-corrected chi connectivity index (χ0v) is 36.4. The van der Waals surface area contributed by atoms with Gasteiger partial charge in [-0.1, -0.05) is 38.1 Å². The number of nitrogens with one attached hydrogen (secondary N) is 4. The van der Waals surface area contributed by atoms with E-state index in [4.69, 9.17) is 34.2 Å². The standard InChI is InChI=1S/C42H55N9O10S/c1-24(2)17-30(39(54)50-29(36(43)53)15-16-62-6)49-32(52)19-45-41(55)58-21-31-34-35(61-42(3,4)60-34)40(59-31)51-23-48-33-37(46-22-47-38(33)51)44-18-25-7-13-28(14-8-25)57-20-26-9-11-27(56-5)12-10-26/h7-14,22-24,29-31,34-35,40H,15-21H2,1-6H3,(H2,43,53)(H,45,55)(H,49,52)(H,50,54)(H,44,46,47)/t29-,30-,31+,34?,35?,40+/m0/s1. The fourth-order valence-electron chi connectivity index (χ4n) is 7.07. The zero-order chi connectivity index (χ0) is 44.4. The smallest absolute Gasteiger partial charge is 0.407 e. The second kappa shape index (κ2) is 20.9. The van der Waals surface area contributed by atoms with Crippen LogP contribution in [0.15, 0.2) is 61.2 Å². The van der Waals surface area contributed by atoms with Gasteiger partial charge in [0.25, 0.3) is 0 Å². The lowest BCUT2D eigenvalue weighted by Gasteiger charge is -2.24. The number of benzene rings is 2. The van der Waals surface area contributed by atoms with E-state index in [0.29, 0.717) is 48.7 Å². The molecule has 62 heavy (non-hydrogen) atoms. The molecular formula is C42H55N9O10S. The number of fused-ring (bicyclic) bond motifs is 2. The van der Waals surface area contributed by atoms with Crippen LogP contribution in [0.3, 0.4) is 0 Å². The van der Waals surface area contributed by atoms with E-state index in [0.717, 1.165) is 22.6 Å². The monoisotopic (exact) mass is 877 g/mol. The van der Waals surface area contributed by atoms with E-state index in [9.17, 15) is 19.2 Å². The van der Waals surface area contributed by atoms with Gasteiger partial charge in [0.2, 0.25) is 17.7 Å². The van der Waals surface area contributed by atoms with E-state index in [-0.39, 0.29) is 12.5 Å². The number of primary amides is 1. The van der Waals surface area contributed by atoms with Gasteiger partial charge in [-0.2, -0.15) is 11.8 Å². The molecule has 2 aromatic heterocycles. The third-order valence-electron chi connectivity index (χ3n) is 10.1. The highest BCUT2D eigenvalue weighted by molar-refractivity contribution is 7.98. The minimum absolute atomic E-state index is 0.0346. The van der Waals surface area contributed by atoms with Gasteiger partial charge in [-0.25, -0.2) is 19.7 Å². The number of alkyl carbamates (subject to hydrolysis) is 1. The van der Waals surface area contributed by atoms with Crippen molar-refractivity contribution in [2.45, 2.75) is 96.1 Å². The van der Waals surface area contributed by atoms with Crippen molar-refractivity contribution >= 4 is 52.6 Å². The maximum absolute atomic E-state index is 13.1. The molecular weight excluding hydrogens is 823 g/mol. The van der Waals surface area contributed by atoms with Crippen LogP contribution < -0.4 is 36.5 Å². The van der Waals surface area contributed by atoms with Crippen LogP contribution in [0.5, 0.6) is 11.5 Å². The maximum atomic E-state index is 13.1. The van der Waals surface area contributed by atoms with E-state index in [1.54, 1.807) is 31.9 Å². The first-order chi connectivity index (χ1) is 29.7. The van der Waals surface area contributed by atoms with Crippen LogP contribution in [0.25, 0.3) is 11.2 Å². The molecule has 0 radical (unpaired) electrons. The van der Waals surface area contributed by atoms with E-state index in [1.165, 1.54) is 18.1 Å². The summed E-state index contributed by atoms with van der Waals surface area (Å²) in [4.78, 5) is 64.2. The molecule has 334 valence electrons. The normalized spacial score (nSPS) is 19.9. The van der Waals surface area contributed by atoms with E-state index in [2.05, 4.69) is 36.2 Å². The highest BCUT2D eigenvalue weighted by atomic mass is 32.2. The van der Waals surface area contributed by atoms with Gasteiger partial charge in [0, 0.05) is 6.54 Å². The van der Waals surface area contributed by atoms with Crippen molar-refractivity contribution < 1.29 is 47.6 Å². The topological polar surface area (TPSA) is 241 Å². The number of anilines is 1. The van der Waals surface area contributed by atoms with Crippen LogP contribution in [0, 0.1) is 5.92 Å². The first kappa shape index (κ1) is 45.8. The van der Waals surface area contributed by atoms with Gasteiger partial charge in [0.05, 0.1) is 13.4 Å². The maximum Gasteiger partial charge on any atom is 0.407 e. The van der Waals surface area contributed by atoms with Crippen molar-refractivity contribution in [3.63, 3.8) is 0 Å². The molecule has 2 fully saturated rings. The Kier molecular flexibility index (Phi) is 15.5. The number of hydrogen-bond donors (Lipinski definition) is 5. The molecule has 2 aromatic carbocycles. The summed E-state index contributed by atoms with van der Waals surface area (Å²) in [6.45, 7) is 7.54. The molecule has 19 nitrogen and oxygen atoms in total. The van der Waals surface area contributed by atoms with Gasteiger partial charge in [-0.3, -0.25) is 19.0 Å². The summed E-state index contributed by atoms with van der Waals surface area (Å²) in [6, 6.07) is 13.7. The SMILES string of the molecule is COc1ccc(COc2ccc(CNc3ncnc4c3ncn4[C@@H]3O[C@H](COC(=O)NCC(=O)N[C@@H](CC(C)C)C(=O)N[C@@H](CCSC)C(N)=O)C4OC(C)(C)OC43)cc2)cc1. The van der Waals surface area contributed by atoms with Crippen molar-refractivity contribution in [3.05, 3.63) is 72.3 Å². The Morgan fingerprint density at radius 1 is 0.935 bits per heavy atom. The molecule has 0 saturated carbocycles. The van der Waals surface area contributed by atoms with Gasteiger partial charge in [-0.15, -0.1) is 0 Å². The quantitative estimate of drug-likeness (QED) is 0.0806. The zero-order valence-electron chi connectivity index (χ0n) is 35.6. The Morgan fingerprint density at radius 2 is 1.65 bits per heavy atom. The molecule has 2 unspecified atom stereocenters. The predicted molar refractivity (Wildman–Crippen MR) is 229 cm³/mol. The number of imidazole rings is 1. The highest BCUT2D eigenvalue weighted by Gasteiger charge is 2.56.